The van der Waals surface area contributed by atoms with Gasteiger partial charge in [-0.15, -0.1) is 0 Å². The van der Waals surface area contributed by atoms with Crippen molar-refractivity contribution in [2.45, 2.75) is 13.1 Å². The first-order chi connectivity index (χ1) is 7.86. The van der Waals surface area contributed by atoms with Crippen molar-refractivity contribution in [2.75, 3.05) is 0 Å². The highest BCUT2D eigenvalue weighted by atomic mass is 35.5. The first-order valence-electron chi connectivity index (χ1n) is 5.20. The van der Waals surface area contributed by atoms with E-state index in [0.29, 0.717) is 0 Å². The van der Waals surface area contributed by atoms with Crippen LogP contribution in [0.25, 0.3) is 0 Å². The van der Waals surface area contributed by atoms with E-state index in [-0.39, 0.29) is 0 Å². The minimum Gasteiger partial charge on any atom is -0.307 e. The van der Waals surface area contributed by atoms with Crippen molar-refractivity contribution in [3.63, 3.8) is 0 Å². The van der Waals surface area contributed by atoms with Crippen LogP contribution in [0.2, 0.25) is 5.02 Å². The molecular formula is C13H13ClN2. The summed E-state index contributed by atoms with van der Waals surface area (Å²) < 4.78 is 0. The summed E-state index contributed by atoms with van der Waals surface area (Å²) in [7, 11) is 0. The number of nitrogens with zero attached hydrogens (tertiary/aromatic N) is 1. The Kier molecular flexibility index (Phi) is 3.91. The molecule has 2 nitrogen and oxygen atoms in total. The third-order valence-electron chi connectivity index (χ3n) is 2.31. The molecule has 1 aromatic carbocycles. The Hall–Kier alpha value is -1.38. The second-order valence-corrected chi connectivity index (χ2v) is 3.92. The number of hydrogen-bond acceptors (Lipinski definition) is 2. The largest absolute Gasteiger partial charge is 0.307 e. The zero-order chi connectivity index (χ0) is 11.2. The lowest BCUT2D eigenvalue weighted by molar-refractivity contribution is 0.680. The Balaban J connectivity index is 1.87. The molecule has 0 unspecified atom stereocenters. The first-order valence-corrected chi connectivity index (χ1v) is 5.58. The lowest BCUT2D eigenvalue weighted by Crippen LogP contribution is -2.13. The molecule has 0 saturated carbocycles. The second-order valence-electron chi connectivity index (χ2n) is 3.52. The van der Waals surface area contributed by atoms with E-state index in [0.717, 1.165) is 29.4 Å². The molecule has 2 aromatic rings. The number of hydrogen-bond donors (Lipinski definition) is 1. The molecule has 16 heavy (non-hydrogen) atoms. The van der Waals surface area contributed by atoms with E-state index in [2.05, 4.69) is 10.3 Å². The average molecular weight is 233 g/mol. The SMILES string of the molecule is Clc1ccccc1CNCc1ccccn1. The summed E-state index contributed by atoms with van der Waals surface area (Å²) in [4.78, 5) is 4.24. The molecule has 0 bridgehead atoms. The van der Waals surface area contributed by atoms with Gasteiger partial charge in [0.2, 0.25) is 0 Å². The highest BCUT2D eigenvalue weighted by Gasteiger charge is 1.98. The number of nitrogens with one attached hydrogen (secondary N) is 1. The maximum atomic E-state index is 6.05. The Morgan fingerprint density at radius 1 is 1.00 bits per heavy atom. The van der Waals surface area contributed by atoms with E-state index in [9.17, 15) is 0 Å². The van der Waals surface area contributed by atoms with Crippen LogP contribution in [0.1, 0.15) is 11.3 Å². The first kappa shape index (κ1) is 11.1. The Labute approximate surface area is 100 Å². The van der Waals surface area contributed by atoms with Crippen molar-refractivity contribution in [3.8, 4) is 0 Å². The van der Waals surface area contributed by atoms with Gasteiger partial charge in [0.05, 0.1) is 5.69 Å². The quantitative estimate of drug-likeness (QED) is 0.877. The molecule has 0 saturated heterocycles. The van der Waals surface area contributed by atoms with Crippen LogP contribution in [-0.4, -0.2) is 4.98 Å². The molecule has 82 valence electrons. The molecule has 1 N–H and O–H groups in total. The Morgan fingerprint density at radius 2 is 1.81 bits per heavy atom. The number of halogens is 1. The van der Waals surface area contributed by atoms with Crippen LogP contribution in [0, 0.1) is 0 Å². The molecule has 0 amide bonds. The molecule has 0 aliphatic heterocycles. The molecule has 1 aromatic heterocycles. The predicted molar refractivity (Wildman–Crippen MR) is 66.2 cm³/mol. The van der Waals surface area contributed by atoms with Crippen LogP contribution in [0.15, 0.2) is 48.7 Å². The van der Waals surface area contributed by atoms with E-state index in [4.69, 9.17) is 11.6 Å². The standard InChI is InChI=1S/C13H13ClN2/c14-13-7-2-1-5-11(13)9-15-10-12-6-3-4-8-16-12/h1-8,15H,9-10H2. The van der Waals surface area contributed by atoms with E-state index in [1.165, 1.54) is 0 Å². The van der Waals surface area contributed by atoms with E-state index < -0.39 is 0 Å². The van der Waals surface area contributed by atoms with Crippen LogP contribution in [0.5, 0.6) is 0 Å². The van der Waals surface area contributed by atoms with Crippen molar-refractivity contribution < 1.29 is 0 Å². The van der Waals surface area contributed by atoms with Gasteiger partial charge in [0.25, 0.3) is 0 Å². The molecule has 0 spiro atoms. The van der Waals surface area contributed by atoms with Crippen LogP contribution in [0.4, 0.5) is 0 Å². The van der Waals surface area contributed by atoms with Gasteiger partial charge in [0.1, 0.15) is 0 Å². The summed E-state index contributed by atoms with van der Waals surface area (Å²) in [6, 6.07) is 13.7. The zero-order valence-electron chi connectivity index (χ0n) is 8.86. The van der Waals surface area contributed by atoms with Crippen molar-refractivity contribution in [2.24, 2.45) is 0 Å². The normalized spacial score (nSPS) is 10.3. The molecule has 0 radical (unpaired) electrons. The van der Waals surface area contributed by atoms with Gasteiger partial charge >= 0.3 is 0 Å². The number of pyridine rings is 1. The Morgan fingerprint density at radius 3 is 2.56 bits per heavy atom. The van der Waals surface area contributed by atoms with E-state index in [1.54, 1.807) is 6.20 Å². The fourth-order valence-corrected chi connectivity index (χ4v) is 1.67. The molecule has 0 aliphatic carbocycles. The van der Waals surface area contributed by atoms with E-state index >= 15 is 0 Å². The molecule has 0 fully saturated rings. The smallest absolute Gasteiger partial charge is 0.0541 e. The highest BCUT2D eigenvalue weighted by Crippen LogP contribution is 2.14. The van der Waals surface area contributed by atoms with Crippen LogP contribution < -0.4 is 5.32 Å². The third kappa shape index (κ3) is 3.05. The summed E-state index contributed by atoms with van der Waals surface area (Å²) in [5.41, 5.74) is 2.15. The topological polar surface area (TPSA) is 24.9 Å². The van der Waals surface area contributed by atoms with Gasteiger partial charge in [0.15, 0.2) is 0 Å². The lowest BCUT2D eigenvalue weighted by Gasteiger charge is -2.05. The van der Waals surface area contributed by atoms with Gasteiger partial charge < -0.3 is 5.32 Å². The predicted octanol–water partition coefficient (Wildman–Crippen LogP) is 3.02. The van der Waals surface area contributed by atoms with Crippen molar-refractivity contribution in [1.82, 2.24) is 10.3 Å². The molecule has 1 heterocycles. The maximum absolute atomic E-state index is 6.05. The summed E-state index contributed by atoms with van der Waals surface area (Å²) in [5.74, 6) is 0. The lowest BCUT2D eigenvalue weighted by atomic mass is 10.2. The molecular weight excluding hydrogens is 220 g/mol. The van der Waals surface area contributed by atoms with E-state index in [1.807, 2.05) is 42.5 Å². The van der Waals surface area contributed by atoms with Crippen molar-refractivity contribution in [1.29, 1.82) is 0 Å². The van der Waals surface area contributed by atoms with Gasteiger partial charge in [0, 0.05) is 24.3 Å². The third-order valence-corrected chi connectivity index (χ3v) is 2.67. The summed E-state index contributed by atoms with van der Waals surface area (Å²) in [6.07, 6.45) is 1.80. The minimum absolute atomic E-state index is 0.756. The second kappa shape index (κ2) is 5.64. The maximum Gasteiger partial charge on any atom is 0.0541 e. The fraction of sp³-hybridized carbons (Fsp3) is 0.154. The van der Waals surface area contributed by atoms with Gasteiger partial charge in [-0.25, -0.2) is 0 Å². The number of rotatable bonds is 4. The monoisotopic (exact) mass is 232 g/mol. The molecule has 2 rings (SSSR count). The summed E-state index contributed by atoms with van der Waals surface area (Å²) in [6.45, 7) is 1.52. The summed E-state index contributed by atoms with van der Waals surface area (Å²) >= 11 is 6.05. The highest BCUT2D eigenvalue weighted by molar-refractivity contribution is 6.31. The summed E-state index contributed by atoms with van der Waals surface area (Å²) in [5, 5.41) is 4.11. The number of aromatic nitrogens is 1. The molecule has 0 atom stereocenters. The average Bonchev–Trinajstić information content (AvgIpc) is 2.33. The van der Waals surface area contributed by atoms with Gasteiger partial charge in [-0.05, 0) is 23.8 Å². The molecule has 0 aliphatic rings. The van der Waals surface area contributed by atoms with Crippen LogP contribution in [0.3, 0.4) is 0 Å². The van der Waals surface area contributed by atoms with Gasteiger partial charge in [-0.3, -0.25) is 4.98 Å². The molecule has 3 heteroatoms. The van der Waals surface area contributed by atoms with Gasteiger partial charge in [-0.1, -0.05) is 35.9 Å². The fourth-order valence-electron chi connectivity index (χ4n) is 1.47. The van der Waals surface area contributed by atoms with Crippen LogP contribution in [-0.2, 0) is 13.1 Å². The Bertz CT molecular complexity index is 443. The minimum atomic E-state index is 0.756. The van der Waals surface area contributed by atoms with Crippen LogP contribution >= 0.6 is 11.6 Å². The zero-order valence-corrected chi connectivity index (χ0v) is 9.61. The van der Waals surface area contributed by atoms with Gasteiger partial charge in [-0.2, -0.15) is 0 Å². The van der Waals surface area contributed by atoms with Crippen molar-refractivity contribution in [3.05, 3.63) is 64.9 Å². The van der Waals surface area contributed by atoms with Crippen molar-refractivity contribution >= 4 is 11.6 Å². The number of benzene rings is 1.